The molecule has 1 saturated heterocycles. The monoisotopic (exact) mass is 116 g/mol. The molecule has 0 radical (unpaired) electrons. The van der Waals surface area contributed by atoms with Gasteiger partial charge >= 0.3 is 0 Å². The first-order valence-electron chi connectivity index (χ1n) is 2.88. The number of hydrazine groups is 1. The van der Waals surface area contributed by atoms with Crippen molar-refractivity contribution in [1.82, 2.24) is 5.01 Å². The first-order chi connectivity index (χ1) is 3.84. The number of nitrogens with zero attached hydrogens (tertiary/aromatic N) is 1. The molecule has 1 rings (SSSR count). The van der Waals surface area contributed by atoms with Gasteiger partial charge in [0.25, 0.3) is 0 Å². The first kappa shape index (κ1) is 6.01. The largest absolute Gasteiger partial charge is 0.365 e. The highest BCUT2D eigenvalue weighted by atomic mass is 16.5. The van der Waals surface area contributed by atoms with Crippen LogP contribution in [0.3, 0.4) is 0 Å². The smallest absolute Gasteiger partial charge is 0.122 e. The first-order valence-corrected chi connectivity index (χ1v) is 2.88. The van der Waals surface area contributed by atoms with Crippen LogP contribution in [0.4, 0.5) is 0 Å². The maximum absolute atomic E-state index is 5.50. The number of rotatable bonds is 1. The van der Waals surface area contributed by atoms with Crippen LogP contribution in [-0.2, 0) is 4.74 Å². The van der Waals surface area contributed by atoms with Crippen molar-refractivity contribution in [2.75, 3.05) is 13.7 Å². The topological polar surface area (TPSA) is 38.5 Å². The number of nitrogens with two attached hydrogens (primary N) is 1. The molecule has 0 bridgehead atoms. The number of methoxy groups -OCH3 is 1. The molecule has 0 aromatic heterocycles. The van der Waals surface area contributed by atoms with E-state index in [0.29, 0.717) is 0 Å². The Morgan fingerprint density at radius 3 is 2.75 bits per heavy atom. The van der Waals surface area contributed by atoms with Crippen LogP contribution >= 0.6 is 0 Å². The Bertz CT molecular complexity index is 76.8. The summed E-state index contributed by atoms with van der Waals surface area (Å²) in [4.78, 5) is 0. The molecule has 1 heterocycles. The summed E-state index contributed by atoms with van der Waals surface area (Å²) in [6.45, 7) is 0.971. The molecule has 0 aromatic carbocycles. The number of hydrogen-bond donors (Lipinski definition) is 1. The Morgan fingerprint density at radius 2 is 2.50 bits per heavy atom. The zero-order valence-corrected chi connectivity index (χ0v) is 5.13. The molecule has 0 unspecified atom stereocenters. The average Bonchev–Trinajstić information content (AvgIpc) is 2.14. The lowest BCUT2D eigenvalue weighted by Crippen LogP contribution is -2.36. The second-order valence-electron chi connectivity index (χ2n) is 2.07. The van der Waals surface area contributed by atoms with Crippen LogP contribution in [-0.4, -0.2) is 24.9 Å². The van der Waals surface area contributed by atoms with Gasteiger partial charge in [0.2, 0.25) is 0 Å². The summed E-state index contributed by atoms with van der Waals surface area (Å²) in [5.41, 5.74) is 0. The third kappa shape index (κ3) is 0.992. The van der Waals surface area contributed by atoms with Crippen molar-refractivity contribution in [3.05, 3.63) is 0 Å². The molecule has 3 heteroatoms. The molecule has 1 aliphatic heterocycles. The summed E-state index contributed by atoms with van der Waals surface area (Å²) in [5.74, 6) is 5.50. The zero-order chi connectivity index (χ0) is 5.98. The van der Waals surface area contributed by atoms with E-state index in [1.807, 2.05) is 0 Å². The summed E-state index contributed by atoms with van der Waals surface area (Å²) in [6.07, 6.45) is 2.41. The minimum Gasteiger partial charge on any atom is -0.365 e. The van der Waals surface area contributed by atoms with E-state index >= 15 is 0 Å². The van der Waals surface area contributed by atoms with Gasteiger partial charge in [-0.1, -0.05) is 0 Å². The van der Waals surface area contributed by atoms with Gasteiger partial charge in [0.1, 0.15) is 6.23 Å². The van der Waals surface area contributed by atoms with Gasteiger partial charge in [-0.3, -0.25) is 5.84 Å². The van der Waals surface area contributed by atoms with Crippen LogP contribution in [0.15, 0.2) is 0 Å². The minimum absolute atomic E-state index is 0.176. The van der Waals surface area contributed by atoms with Crippen LogP contribution in [0, 0.1) is 0 Å². The second kappa shape index (κ2) is 2.44. The average molecular weight is 116 g/mol. The molecule has 3 nitrogen and oxygen atoms in total. The Morgan fingerprint density at radius 1 is 1.75 bits per heavy atom. The maximum atomic E-state index is 5.50. The lowest BCUT2D eigenvalue weighted by atomic mass is 10.4. The van der Waals surface area contributed by atoms with E-state index in [-0.39, 0.29) is 6.23 Å². The van der Waals surface area contributed by atoms with Crippen molar-refractivity contribution in [1.29, 1.82) is 0 Å². The molecule has 1 atom stereocenters. The molecule has 0 saturated carbocycles. The summed E-state index contributed by atoms with van der Waals surface area (Å²) < 4.78 is 5.02. The Balaban J connectivity index is 2.30. The lowest BCUT2D eigenvalue weighted by Gasteiger charge is -2.15. The highest BCUT2D eigenvalue weighted by molar-refractivity contribution is 4.65. The third-order valence-electron chi connectivity index (χ3n) is 1.51. The minimum atomic E-state index is 0.176. The molecular formula is C5H12N2O. The summed E-state index contributed by atoms with van der Waals surface area (Å²) in [6, 6.07) is 0. The number of hydrogen-bond acceptors (Lipinski definition) is 3. The van der Waals surface area contributed by atoms with Crippen molar-refractivity contribution in [3.63, 3.8) is 0 Å². The third-order valence-corrected chi connectivity index (χ3v) is 1.51. The van der Waals surface area contributed by atoms with Crippen LogP contribution in [0.5, 0.6) is 0 Å². The second-order valence-corrected chi connectivity index (χ2v) is 2.07. The van der Waals surface area contributed by atoms with Gasteiger partial charge in [-0.05, 0) is 12.8 Å². The van der Waals surface area contributed by atoms with Gasteiger partial charge in [0.05, 0.1) is 0 Å². The SMILES string of the molecule is CO[C@H]1CCCN1N. The van der Waals surface area contributed by atoms with Gasteiger partial charge in [-0.2, -0.15) is 0 Å². The fraction of sp³-hybridized carbons (Fsp3) is 1.00. The highest BCUT2D eigenvalue weighted by Gasteiger charge is 2.19. The highest BCUT2D eigenvalue weighted by Crippen LogP contribution is 2.12. The van der Waals surface area contributed by atoms with E-state index in [0.717, 1.165) is 19.4 Å². The summed E-state index contributed by atoms with van der Waals surface area (Å²) in [5, 5.41) is 1.74. The van der Waals surface area contributed by atoms with Gasteiger partial charge in [0, 0.05) is 13.7 Å². The van der Waals surface area contributed by atoms with Gasteiger partial charge in [-0.25, -0.2) is 5.01 Å². The van der Waals surface area contributed by atoms with Crippen molar-refractivity contribution in [3.8, 4) is 0 Å². The van der Waals surface area contributed by atoms with E-state index in [1.165, 1.54) is 0 Å². The Labute approximate surface area is 49.4 Å². The molecule has 0 spiro atoms. The molecule has 0 amide bonds. The standard InChI is InChI=1S/C5H12N2O/c1-8-5-3-2-4-7(5)6/h5H,2-4,6H2,1H3/t5-/m0/s1. The van der Waals surface area contributed by atoms with E-state index < -0.39 is 0 Å². The van der Waals surface area contributed by atoms with Crippen molar-refractivity contribution < 1.29 is 4.74 Å². The zero-order valence-electron chi connectivity index (χ0n) is 5.13. The quantitative estimate of drug-likeness (QED) is 0.487. The normalized spacial score (nSPS) is 31.5. The molecular weight excluding hydrogens is 104 g/mol. The molecule has 8 heavy (non-hydrogen) atoms. The Kier molecular flexibility index (Phi) is 1.83. The van der Waals surface area contributed by atoms with E-state index in [9.17, 15) is 0 Å². The van der Waals surface area contributed by atoms with Crippen LogP contribution in [0.2, 0.25) is 0 Å². The van der Waals surface area contributed by atoms with E-state index in [1.54, 1.807) is 12.1 Å². The van der Waals surface area contributed by atoms with Crippen molar-refractivity contribution in [2.24, 2.45) is 5.84 Å². The molecule has 2 N–H and O–H groups in total. The predicted molar refractivity (Wildman–Crippen MR) is 30.9 cm³/mol. The summed E-state index contributed by atoms with van der Waals surface area (Å²) in [7, 11) is 1.69. The Hall–Kier alpha value is -0.120. The van der Waals surface area contributed by atoms with Gasteiger partial charge in [0.15, 0.2) is 0 Å². The molecule has 1 aliphatic rings. The molecule has 0 aromatic rings. The van der Waals surface area contributed by atoms with E-state index in [2.05, 4.69) is 0 Å². The van der Waals surface area contributed by atoms with Gasteiger partial charge < -0.3 is 4.74 Å². The van der Waals surface area contributed by atoms with Crippen molar-refractivity contribution in [2.45, 2.75) is 19.1 Å². The van der Waals surface area contributed by atoms with Crippen LogP contribution in [0.25, 0.3) is 0 Å². The number of ether oxygens (including phenoxy) is 1. The fourth-order valence-electron chi connectivity index (χ4n) is 1.01. The van der Waals surface area contributed by atoms with E-state index in [4.69, 9.17) is 10.6 Å². The maximum Gasteiger partial charge on any atom is 0.122 e. The fourth-order valence-corrected chi connectivity index (χ4v) is 1.01. The summed E-state index contributed by atoms with van der Waals surface area (Å²) >= 11 is 0. The molecule has 0 aliphatic carbocycles. The predicted octanol–water partition coefficient (Wildman–Crippen LogP) is -0.0716. The lowest BCUT2D eigenvalue weighted by molar-refractivity contribution is -0.00417. The van der Waals surface area contributed by atoms with Crippen LogP contribution in [0.1, 0.15) is 12.8 Å². The molecule has 48 valence electrons. The van der Waals surface area contributed by atoms with Gasteiger partial charge in [-0.15, -0.1) is 0 Å². The van der Waals surface area contributed by atoms with Crippen LogP contribution < -0.4 is 5.84 Å². The molecule has 1 fully saturated rings. The van der Waals surface area contributed by atoms with Crippen molar-refractivity contribution >= 4 is 0 Å².